The SMILES string of the molecule is [N-]=[N+]=NN[C@@H](CCCN=C(N)N)C(=O)N[C@@H](CCCN=C(N)N)C(=O)N[C@@H](CCCN=C(N)N)C(=O)N[C@@H](CCCN=C(N)N)C(=O)N[C@@H](CCCN=C(N)N)C(=O)N[C@@H](CCCN=C(N)N)C(=O)N[C@@H](CCCN=C(N)N)C(=O)N[C@@H](CCCN=C(N)N)C(=O)N[C@@H](CCCN=C(N)N)C(=O)O. The summed E-state index contributed by atoms with van der Waals surface area (Å²) in [5.41, 5.74) is 111. The Kier molecular flexibility index (Phi) is 46.5. The van der Waals surface area contributed by atoms with Crippen molar-refractivity contribution in [2.24, 2.45) is 153 Å². The lowest BCUT2D eigenvalue weighted by Gasteiger charge is -2.28. The number of rotatable bonds is 55. The first-order valence-corrected chi connectivity index (χ1v) is 32.6. The minimum atomic E-state index is -1.59. The van der Waals surface area contributed by atoms with Crippen molar-refractivity contribution >= 4 is 107 Å². The van der Waals surface area contributed by atoms with Gasteiger partial charge in [-0.25, -0.2) is 10.2 Å². The molecule has 0 aliphatic rings. The van der Waals surface area contributed by atoms with Gasteiger partial charge in [0.15, 0.2) is 59.7 Å². The molecule has 46 N–H and O–H groups in total. The van der Waals surface area contributed by atoms with Crippen molar-refractivity contribution in [1.29, 1.82) is 0 Å². The molecule has 103 heavy (non-hydrogen) atoms. The molecule has 49 nitrogen and oxygen atoms in total. The molecule has 0 radical (unpaired) electrons. The maximum absolute atomic E-state index is 14.8. The Bertz CT molecular complexity index is 3010. The van der Waals surface area contributed by atoms with E-state index in [0.29, 0.717) is 0 Å². The number of guanidine groups is 9. The van der Waals surface area contributed by atoms with E-state index in [1.54, 1.807) is 0 Å². The minimum Gasteiger partial charge on any atom is -0.480 e. The molecular formula is C54H109N39O10. The first-order valence-electron chi connectivity index (χ1n) is 32.6. The zero-order valence-electron chi connectivity index (χ0n) is 57.7. The Balaban J connectivity index is 7.87. The van der Waals surface area contributed by atoms with E-state index in [4.69, 9.17) is 109 Å². The summed E-state index contributed by atoms with van der Waals surface area (Å²) in [5.74, 6) is -11.6. The standard InChI is InChI=1S/C54H109N39O10/c55-46(56)74-19-1-10-28(37(94)84-30(12-3-21-76-48(59)60)39(96)86-32(14-5-23-78-50(63)64)41(98)88-34(16-7-25-80-52(67)68)43(100)90-36(45(102)103)18-9-27-82-54(71)72)83-38(95)29(11-2-20-75-47(57)58)85-40(97)31(13-4-22-77-49(61)62)87-42(99)33(15-6-24-79-51(65)66)89-44(101)35(91-93-92-73)17-8-26-81-53(69)70/h28-36,91H,1-27H2,(H,83,95)(H,84,94)(H,85,97)(H,86,96)(H,87,99)(H,88,98)(H,89,101)(H,90,100)(H,102,103)(H4,55,56,74)(H4,57,58,75)(H4,59,60,76)(H4,61,62,77)(H4,63,64,78)(H4,65,66,79)(H4,67,68,80)(H4,69,70,81)(H4,71,72,82)/t28-,29-,30-,31-,32-,33-,34-,35-,36-/m0/s1. The van der Waals surface area contributed by atoms with Crippen LogP contribution in [0.4, 0.5) is 0 Å². The second-order valence-electron chi connectivity index (χ2n) is 22.7. The molecule has 0 bridgehead atoms. The van der Waals surface area contributed by atoms with Gasteiger partial charge in [-0.3, -0.25) is 83.3 Å². The van der Waals surface area contributed by atoms with Crippen molar-refractivity contribution in [3.05, 3.63) is 10.4 Å². The van der Waals surface area contributed by atoms with Crippen LogP contribution >= 0.6 is 0 Å². The highest BCUT2D eigenvalue weighted by atomic mass is 16.4. The van der Waals surface area contributed by atoms with E-state index in [2.05, 4.69) is 103 Å². The van der Waals surface area contributed by atoms with Crippen LogP contribution in [0.1, 0.15) is 116 Å². The Labute approximate surface area is 594 Å². The smallest absolute Gasteiger partial charge is 0.326 e. The van der Waals surface area contributed by atoms with E-state index in [1.807, 2.05) is 0 Å². The maximum atomic E-state index is 14.8. The van der Waals surface area contributed by atoms with Crippen LogP contribution in [0.2, 0.25) is 0 Å². The van der Waals surface area contributed by atoms with Gasteiger partial charge in [0.05, 0.1) is 0 Å². The number of nitrogens with two attached hydrogens (primary N) is 18. The second kappa shape index (κ2) is 52.8. The monoisotopic (exact) mass is 1460 g/mol. The third-order valence-corrected chi connectivity index (χ3v) is 14.1. The van der Waals surface area contributed by atoms with Crippen LogP contribution in [0.25, 0.3) is 10.4 Å². The predicted octanol–water partition coefficient (Wildman–Crippen LogP) is -12.4. The summed E-state index contributed by atoms with van der Waals surface area (Å²) >= 11 is 0. The summed E-state index contributed by atoms with van der Waals surface area (Å²) in [4.78, 5) is 166. The third kappa shape index (κ3) is 45.9. The Morgan fingerprint density at radius 1 is 0.252 bits per heavy atom. The van der Waals surface area contributed by atoms with Gasteiger partial charge in [-0.2, -0.15) is 4.91 Å². The van der Waals surface area contributed by atoms with Gasteiger partial charge in [0.25, 0.3) is 5.91 Å². The Morgan fingerprint density at radius 2 is 0.388 bits per heavy atom. The molecule has 0 aromatic carbocycles. The van der Waals surface area contributed by atoms with Crippen molar-refractivity contribution < 1.29 is 48.3 Å². The molecule has 0 unspecified atom stereocenters. The highest BCUT2D eigenvalue weighted by molar-refractivity contribution is 5.98. The Morgan fingerprint density at radius 3 is 0.534 bits per heavy atom. The van der Waals surface area contributed by atoms with Gasteiger partial charge in [0.1, 0.15) is 48.3 Å². The number of hydrogen-bond donors (Lipinski definition) is 28. The molecular weight excluding hydrogens is 1350 g/mol. The fraction of sp³-hybridized carbons (Fsp3) is 0.667. The number of aliphatic carboxylic acids is 1. The van der Waals surface area contributed by atoms with E-state index in [-0.39, 0.29) is 228 Å². The van der Waals surface area contributed by atoms with Gasteiger partial charge in [0.2, 0.25) is 41.4 Å². The lowest BCUT2D eigenvalue weighted by atomic mass is 10.0. The zero-order chi connectivity index (χ0) is 77.8. The van der Waals surface area contributed by atoms with Gasteiger partial charge < -0.3 is 151 Å². The molecule has 0 heterocycles. The summed E-state index contributed by atoms with van der Waals surface area (Å²) < 4.78 is 0. The number of nitrogens with one attached hydrogen (secondary N) is 9. The number of nitrogens with zero attached hydrogens (tertiary/aromatic N) is 12. The summed E-state index contributed by atoms with van der Waals surface area (Å²) in [6.45, 7) is -0.319. The van der Waals surface area contributed by atoms with Gasteiger partial charge in [-0.15, -0.1) is 5.53 Å². The summed E-state index contributed by atoms with van der Waals surface area (Å²) in [7, 11) is 0. The first kappa shape index (κ1) is 90.8. The molecule has 8 amide bonds. The van der Waals surface area contributed by atoms with Gasteiger partial charge in [-0.1, -0.05) is 0 Å². The van der Waals surface area contributed by atoms with Crippen LogP contribution in [0, 0.1) is 0 Å². The summed E-state index contributed by atoms with van der Waals surface area (Å²) in [6.07, 6.45) is -1.03. The van der Waals surface area contributed by atoms with Crippen molar-refractivity contribution in [3.63, 3.8) is 0 Å². The largest absolute Gasteiger partial charge is 0.480 e. The quantitative estimate of drug-likeness (QED) is 0.00511. The van der Waals surface area contributed by atoms with Gasteiger partial charge in [-0.05, 0) is 121 Å². The Hall–Kier alpha value is -12.2. The molecule has 0 spiro atoms. The molecule has 0 aromatic rings. The summed E-state index contributed by atoms with van der Waals surface area (Å²) in [6, 6.07) is -13.4. The fourth-order valence-electron chi connectivity index (χ4n) is 9.20. The van der Waals surface area contributed by atoms with E-state index in [9.17, 15) is 48.3 Å². The van der Waals surface area contributed by atoms with Crippen LogP contribution in [0.15, 0.2) is 50.2 Å². The minimum absolute atomic E-state index is 0.00305. The number of amides is 8. The van der Waals surface area contributed by atoms with Crippen molar-refractivity contribution in [3.8, 4) is 0 Å². The topological polar surface area (TPSA) is 910 Å². The van der Waals surface area contributed by atoms with Crippen LogP contribution < -0.4 is 151 Å². The number of carboxylic acid groups (broad SMARTS) is 1. The first-order chi connectivity index (χ1) is 48.7. The molecule has 0 fully saturated rings. The van der Waals surface area contributed by atoms with Crippen LogP contribution in [-0.2, 0) is 43.2 Å². The predicted molar refractivity (Wildman–Crippen MR) is 388 cm³/mol. The van der Waals surface area contributed by atoms with Crippen LogP contribution in [0.3, 0.4) is 0 Å². The number of azide groups is 1. The second-order valence-corrected chi connectivity index (χ2v) is 22.7. The number of carbonyl (C=O) groups excluding carboxylic acids is 8. The maximum Gasteiger partial charge on any atom is 0.326 e. The molecule has 0 saturated heterocycles. The van der Waals surface area contributed by atoms with Crippen molar-refractivity contribution in [1.82, 2.24) is 48.0 Å². The van der Waals surface area contributed by atoms with Gasteiger partial charge >= 0.3 is 5.97 Å². The third-order valence-electron chi connectivity index (χ3n) is 14.1. The molecule has 9 atom stereocenters. The average molecular weight is 1460 g/mol. The van der Waals surface area contributed by atoms with Crippen molar-refractivity contribution in [2.45, 2.75) is 170 Å². The normalized spacial score (nSPS) is 13.1. The van der Waals surface area contributed by atoms with E-state index in [1.165, 1.54) is 0 Å². The molecule has 0 saturated carbocycles. The average Bonchev–Trinajstić information content (AvgIpc) is 0.866. The lowest BCUT2D eigenvalue weighted by Crippen LogP contribution is -2.60. The lowest BCUT2D eigenvalue weighted by molar-refractivity contribution is -0.142. The van der Waals surface area contributed by atoms with Crippen LogP contribution in [0.5, 0.6) is 0 Å². The van der Waals surface area contributed by atoms with E-state index >= 15 is 0 Å². The molecule has 0 rings (SSSR count). The molecule has 0 aliphatic carbocycles. The highest BCUT2D eigenvalue weighted by Gasteiger charge is 2.36. The van der Waals surface area contributed by atoms with Gasteiger partial charge in [0, 0.05) is 58.9 Å². The molecule has 0 aromatic heterocycles. The van der Waals surface area contributed by atoms with Crippen molar-refractivity contribution in [2.75, 3.05) is 58.9 Å². The molecule has 49 heteroatoms. The van der Waals surface area contributed by atoms with E-state index < -0.39 is 108 Å². The number of hydrogen-bond acceptors (Lipinski definition) is 19. The number of carbonyl (C=O) groups is 9. The molecule has 0 aliphatic heterocycles. The van der Waals surface area contributed by atoms with E-state index in [0.717, 1.165) is 0 Å². The number of aliphatic imine (C=N–C) groups is 9. The number of carboxylic acids is 1. The molecule has 580 valence electrons. The fourth-order valence-corrected chi connectivity index (χ4v) is 9.20. The summed E-state index contributed by atoms with van der Waals surface area (Å²) in [5, 5.41) is 34.1. The highest BCUT2D eigenvalue weighted by Crippen LogP contribution is 2.12. The van der Waals surface area contributed by atoms with Crippen LogP contribution in [-0.4, -0.2) is 225 Å². The zero-order valence-corrected chi connectivity index (χ0v) is 57.7.